The maximum atomic E-state index is 14.2. The Kier molecular flexibility index (Phi) is 5.04. The van der Waals surface area contributed by atoms with Crippen LogP contribution in [-0.4, -0.2) is 28.1 Å². The molecule has 0 aromatic rings. The zero-order chi connectivity index (χ0) is 25.1. The molecule has 0 aromatic carbocycles. The highest BCUT2D eigenvalue weighted by Gasteiger charge is 2.70. The van der Waals surface area contributed by atoms with Crippen LogP contribution in [0.5, 0.6) is 0 Å². The third-order valence-corrected chi connectivity index (χ3v) is 13.1. The number of carboxylic acid groups (broad SMARTS) is 1. The van der Waals surface area contributed by atoms with Crippen molar-refractivity contribution >= 4 is 11.8 Å². The van der Waals surface area contributed by atoms with Crippen LogP contribution in [-0.2, 0) is 9.59 Å². The van der Waals surface area contributed by atoms with Crippen LogP contribution in [0.4, 0.5) is 0 Å². The number of ketones is 1. The van der Waals surface area contributed by atoms with E-state index in [2.05, 4.69) is 41.5 Å². The lowest BCUT2D eigenvalue weighted by Gasteiger charge is -2.70. The minimum atomic E-state index is -0.711. The Bertz CT molecular complexity index is 965. The number of aliphatic hydroxyl groups is 1. The summed E-state index contributed by atoms with van der Waals surface area (Å²) in [7, 11) is 0. The van der Waals surface area contributed by atoms with Crippen molar-refractivity contribution in [2.45, 2.75) is 112 Å². The second kappa shape index (κ2) is 6.99. The van der Waals surface area contributed by atoms with E-state index >= 15 is 0 Å². The molecule has 0 saturated heterocycles. The van der Waals surface area contributed by atoms with Gasteiger partial charge in [0.15, 0.2) is 5.78 Å². The highest BCUT2D eigenvalue weighted by atomic mass is 16.4. The second-order valence-corrected chi connectivity index (χ2v) is 14.9. The van der Waals surface area contributed by atoms with Gasteiger partial charge in [-0.05, 0) is 110 Å². The molecule has 0 radical (unpaired) electrons. The number of carbonyl (C=O) groups excluding carboxylic acids is 1. The smallest absolute Gasteiger partial charge is 0.309 e. The van der Waals surface area contributed by atoms with Gasteiger partial charge in [0.2, 0.25) is 0 Å². The summed E-state index contributed by atoms with van der Waals surface area (Å²) in [5.74, 6) is 0.0603. The lowest BCUT2D eigenvalue weighted by Crippen LogP contribution is -2.66. The van der Waals surface area contributed by atoms with E-state index in [1.165, 1.54) is 5.57 Å². The van der Waals surface area contributed by atoms with Gasteiger partial charge >= 0.3 is 5.97 Å². The number of rotatable bonds is 1. The van der Waals surface area contributed by atoms with Gasteiger partial charge in [0.05, 0.1) is 11.5 Å². The van der Waals surface area contributed by atoms with E-state index in [1.54, 1.807) is 0 Å². The van der Waals surface area contributed by atoms with Crippen LogP contribution >= 0.6 is 0 Å². The Morgan fingerprint density at radius 1 is 0.912 bits per heavy atom. The molecule has 0 aliphatic heterocycles. The molecule has 4 heteroatoms. The molecule has 2 N–H and O–H groups in total. The van der Waals surface area contributed by atoms with Gasteiger partial charge in [-0.25, -0.2) is 0 Å². The van der Waals surface area contributed by atoms with Crippen molar-refractivity contribution in [3.05, 3.63) is 11.6 Å². The van der Waals surface area contributed by atoms with Crippen molar-refractivity contribution < 1.29 is 19.8 Å². The maximum absolute atomic E-state index is 14.2. The molecule has 0 heterocycles. The van der Waals surface area contributed by atoms with Crippen molar-refractivity contribution in [1.29, 1.82) is 0 Å². The maximum Gasteiger partial charge on any atom is 0.309 e. The zero-order valence-electron chi connectivity index (χ0n) is 22.5. The normalized spacial score (nSPS) is 54.1. The van der Waals surface area contributed by atoms with Crippen molar-refractivity contribution in [2.24, 2.45) is 50.2 Å². The highest BCUT2D eigenvalue weighted by Crippen LogP contribution is 2.75. The number of hydrogen-bond acceptors (Lipinski definition) is 3. The predicted octanol–water partition coefficient (Wildman–Crippen LogP) is 6.41. The largest absolute Gasteiger partial charge is 0.481 e. The molecular weight excluding hydrogens is 424 g/mol. The van der Waals surface area contributed by atoms with Crippen LogP contribution in [0.3, 0.4) is 0 Å². The summed E-state index contributed by atoms with van der Waals surface area (Å²) < 4.78 is 0. The number of carboxylic acids is 1. The number of carbonyl (C=O) groups is 2. The quantitative estimate of drug-likeness (QED) is 0.464. The van der Waals surface area contributed by atoms with Gasteiger partial charge in [-0.1, -0.05) is 47.1 Å². The van der Waals surface area contributed by atoms with Gasteiger partial charge in [0.25, 0.3) is 0 Å². The monoisotopic (exact) mass is 470 g/mol. The lowest BCUT2D eigenvalue weighted by atomic mass is 9.33. The van der Waals surface area contributed by atoms with E-state index in [0.717, 1.165) is 51.4 Å². The second-order valence-electron chi connectivity index (χ2n) is 14.9. The van der Waals surface area contributed by atoms with Gasteiger partial charge < -0.3 is 10.2 Å². The molecule has 34 heavy (non-hydrogen) atoms. The van der Waals surface area contributed by atoms with Crippen molar-refractivity contribution in [2.75, 3.05) is 0 Å². The fraction of sp³-hybridized carbons (Fsp3) is 0.867. The molecule has 4 nitrogen and oxygen atoms in total. The van der Waals surface area contributed by atoms with E-state index in [0.29, 0.717) is 12.3 Å². The Labute approximate surface area is 206 Å². The minimum absolute atomic E-state index is 0.0296. The minimum Gasteiger partial charge on any atom is -0.481 e. The Morgan fingerprint density at radius 2 is 1.56 bits per heavy atom. The van der Waals surface area contributed by atoms with E-state index < -0.39 is 11.4 Å². The average Bonchev–Trinajstić information content (AvgIpc) is 2.73. The molecule has 5 aliphatic carbocycles. The van der Waals surface area contributed by atoms with E-state index in [1.807, 2.05) is 13.0 Å². The molecular formula is C30H46O4. The molecule has 0 aromatic heterocycles. The van der Waals surface area contributed by atoms with Gasteiger partial charge in [-0.15, -0.1) is 0 Å². The molecule has 4 fully saturated rings. The molecule has 5 aliphatic rings. The molecule has 0 unspecified atom stereocenters. The Balaban J connectivity index is 1.62. The van der Waals surface area contributed by atoms with Crippen LogP contribution in [0.15, 0.2) is 11.6 Å². The number of hydrogen-bond donors (Lipinski definition) is 2. The SMILES string of the molecule is CC1(C)[C@@H](O)CC[C@@]2(C)[C@H]3C(=O)C=C4[C@H]5C[C@@](C)(C(=O)O)CC[C@]5(C)CC[C@@]4(C)[C@]3(C)CC[C@@H]12. The summed E-state index contributed by atoms with van der Waals surface area (Å²) in [6, 6.07) is 0. The van der Waals surface area contributed by atoms with Crippen LogP contribution in [0.2, 0.25) is 0 Å². The Morgan fingerprint density at radius 3 is 2.21 bits per heavy atom. The average molecular weight is 471 g/mol. The van der Waals surface area contributed by atoms with Gasteiger partial charge in [0.1, 0.15) is 0 Å². The predicted molar refractivity (Wildman–Crippen MR) is 133 cm³/mol. The first kappa shape index (κ1) is 24.5. The topological polar surface area (TPSA) is 74.6 Å². The van der Waals surface area contributed by atoms with E-state index in [4.69, 9.17) is 0 Å². The highest BCUT2D eigenvalue weighted by molar-refractivity contribution is 5.95. The standard InChI is InChI=1S/C30H46O4/c1-25(2)21-8-11-30(7)23(28(21,5)10-9-22(25)32)20(31)16-18-19-17-27(4,24(33)34)13-12-26(19,3)14-15-29(18,30)6/h16,19,21-23,32H,8-15,17H2,1-7H3,(H,33,34)/t19-,21+,22+,23-,26-,27+,28-,29-,30-/m1/s1. The van der Waals surface area contributed by atoms with Gasteiger partial charge in [-0.2, -0.15) is 0 Å². The van der Waals surface area contributed by atoms with Crippen LogP contribution in [0.1, 0.15) is 106 Å². The van der Waals surface area contributed by atoms with Crippen molar-refractivity contribution in [1.82, 2.24) is 0 Å². The number of aliphatic carboxylic acids is 1. The summed E-state index contributed by atoms with van der Waals surface area (Å²) in [4.78, 5) is 26.4. The summed E-state index contributed by atoms with van der Waals surface area (Å²) in [5.41, 5.74) is 0.142. The molecule has 190 valence electrons. The summed E-state index contributed by atoms with van der Waals surface area (Å²) in [6.45, 7) is 15.8. The fourth-order valence-electron chi connectivity index (χ4n) is 10.4. The number of allylic oxidation sites excluding steroid dienone is 2. The first-order valence-electron chi connectivity index (χ1n) is 13.7. The summed E-state index contributed by atoms with van der Waals surface area (Å²) in [5, 5.41) is 20.9. The zero-order valence-corrected chi connectivity index (χ0v) is 22.5. The van der Waals surface area contributed by atoms with Crippen molar-refractivity contribution in [3.8, 4) is 0 Å². The Hall–Kier alpha value is -1.16. The van der Waals surface area contributed by atoms with Crippen LogP contribution in [0.25, 0.3) is 0 Å². The molecule has 4 saturated carbocycles. The number of fused-ring (bicyclic) bond motifs is 7. The molecule has 0 spiro atoms. The van der Waals surface area contributed by atoms with Gasteiger partial charge in [-0.3, -0.25) is 9.59 Å². The van der Waals surface area contributed by atoms with Crippen LogP contribution < -0.4 is 0 Å². The molecule has 0 amide bonds. The first-order chi connectivity index (χ1) is 15.6. The summed E-state index contributed by atoms with van der Waals surface area (Å²) in [6.07, 6.45) is 9.95. The number of aliphatic hydroxyl groups excluding tert-OH is 1. The van der Waals surface area contributed by atoms with E-state index in [9.17, 15) is 19.8 Å². The van der Waals surface area contributed by atoms with E-state index in [-0.39, 0.29) is 50.8 Å². The van der Waals surface area contributed by atoms with Crippen LogP contribution in [0, 0.1) is 50.2 Å². The third kappa shape index (κ3) is 2.81. The van der Waals surface area contributed by atoms with Gasteiger partial charge in [0, 0.05) is 5.92 Å². The molecule has 9 atom stereocenters. The van der Waals surface area contributed by atoms with Crippen molar-refractivity contribution in [3.63, 3.8) is 0 Å². The molecule has 5 rings (SSSR count). The fourth-order valence-corrected chi connectivity index (χ4v) is 10.4. The summed E-state index contributed by atoms with van der Waals surface area (Å²) >= 11 is 0. The third-order valence-electron chi connectivity index (χ3n) is 13.1. The lowest BCUT2D eigenvalue weighted by molar-refractivity contribution is -0.202. The first-order valence-corrected chi connectivity index (χ1v) is 13.7. The molecule has 0 bridgehead atoms.